The lowest BCUT2D eigenvalue weighted by molar-refractivity contribution is 0.602. The summed E-state index contributed by atoms with van der Waals surface area (Å²) < 4.78 is 23.6. The number of halogens is 1. The molecule has 2 aromatic carbocycles. The van der Waals surface area contributed by atoms with Crippen LogP contribution in [0, 0.1) is 0 Å². The number of benzene rings is 2. The number of hydrogen-bond donors (Lipinski definition) is 2. The zero-order chi connectivity index (χ0) is 15.5. The summed E-state index contributed by atoms with van der Waals surface area (Å²) in [5.41, 5.74) is 8.68. The molecule has 0 saturated heterocycles. The quantitative estimate of drug-likeness (QED) is 0.795. The molecule has 6 heteroatoms. The molecule has 0 spiro atoms. The summed E-state index contributed by atoms with van der Waals surface area (Å²) in [5, 5.41) is 3.30. The highest BCUT2D eigenvalue weighted by atomic mass is 79.9. The van der Waals surface area contributed by atoms with Crippen molar-refractivity contribution in [2.75, 3.05) is 12.0 Å². The first-order valence-corrected chi connectivity index (χ1v) is 9.08. The molecule has 0 saturated carbocycles. The first kappa shape index (κ1) is 16.0. The van der Waals surface area contributed by atoms with Crippen molar-refractivity contribution in [3.8, 4) is 0 Å². The standard InChI is InChI=1S/C15H17BrN2O2S/c1-21(19,20)13-5-2-11(3-6-13)9-18-10-12-4-7-14(16)15(17)8-12/h2-8,18H,9-10,17H2,1H3. The minimum Gasteiger partial charge on any atom is -0.398 e. The molecule has 3 N–H and O–H groups in total. The maximum absolute atomic E-state index is 11.4. The molecule has 2 rings (SSSR count). The number of sulfone groups is 1. The van der Waals surface area contributed by atoms with Crippen molar-refractivity contribution in [3.05, 3.63) is 58.1 Å². The molecule has 21 heavy (non-hydrogen) atoms. The van der Waals surface area contributed by atoms with E-state index >= 15 is 0 Å². The maximum atomic E-state index is 11.4. The third-order valence-electron chi connectivity index (χ3n) is 3.07. The summed E-state index contributed by atoms with van der Waals surface area (Å²) >= 11 is 3.36. The van der Waals surface area contributed by atoms with Gasteiger partial charge in [0, 0.05) is 29.5 Å². The van der Waals surface area contributed by atoms with Crippen molar-refractivity contribution in [1.29, 1.82) is 0 Å². The van der Waals surface area contributed by atoms with Crippen LogP contribution in [0.3, 0.4) is 0 Å². The lowest BCUT2D eigenvalue weighted by Gasteiger charge is -2.07. The van der Waals surface area contributed by atoms with Gasteiger partial charge in [0.05, 0.1) is 4.90 Å². The first-order chi connectivity index (χ1) is 9.86. The molecule has 0 unspecified atom stereocenters. The van der Waals surface area contributed by atoms with E-state index in [1.807, 2.05) is 30.3 Å². The zero-order valence-electron chi connectivity index (χ0n) is 11.6. The summed E-state index contributed by atoms with van der Waals surface area (Å²) in [6.45, 7) is 1.37. The van der Waals surface area contributed by atoms with Crippen LogP contribution in [0.25, 0.3) is 0 Å². The minimum atomic E-state index is -3.13. The Kier molecular flexibility index (Phi) is 5.03. The van der Waals surface area contributed by atoms with Crippen molar-refractivity contribution in [2.24, 2.45) is 0 Å². The Hall–Kier alpha value is -1.37. The highest BCUT2D eigenvalue weighted by Crippen LogP contribution is 2.20. The second kappa shape index (κ2) is 6.60. The number of anilines is 1. The second-order valence-corrected chi connectivity index (χ2v) is 7.75. The van der Waals surface area contributed by atoms with Gasteiger partial charge in [0.15, 0.2) is 9.84 Å². The minimum absolute atomic E-state index is 0.340. The van der Waals surface area contributed by atoms with Crippen LogP contribution in [0.4, 0.5) is 5.69 Å². The summed E-state index contributed by atoms with van der Waals surface area (Å²) in [7, 11) is -3.13. The fourth-order valence-electron chi connectivity index (χ4n) is 1.91. The molecular formula is C15H17BrN2O2S. The SMILES string of the molecule is CS(=O)(=O)c1ccc(CNCc2ccc(Br)c(N)c2)cc1. The van der Waals surface area contributed by atoms with Crippen LogP contribution in [0.2, 0.25) is 0 Å². The normalized spacial score (nSPS) is 11.5. The number of hydrogen-bond acceptors (Lipinski definition) is 4. The third-order valence-corrected chi connectivity index (χ3v) is 4.92. The van der Waals surface area contributed by atoms with Crippen LogP contribution in [0.5, 0.6) is 0 Å². The van der Waals surface area contributed by atoms with Gasteiger partial charge in [0.25, 0.3) is 0 Å². The Bertz CT molecular complexity index is 728. The average molecular weight is 369 g/mol. The van der Waals surface area contributed by atoms with Gasteiger partial charge in [0.1, 0.15) is 0 Å². The van der Waals surface area contributed by atoms with Crippen LogP contribution in [0.1, 0.15) is 11.1 Å². The fourth-order valence-corrected chi connectivity index (χ4v) is 2.79. The van der Waals surface area contributed by atoms with E-state index in [1.54, 1.807) is 12.1 Å². The number of rotatable bonds is 5. The predicted octanol–water partition coefficient (Wildman–Crippen LogP) is 2.72. The maximum Gasteiger partial charge on any atom is 0.175 e. The van der Waals surface area contributed by atoms with Crippen LogP contribution in [0.15, 0.2) is 51.8 Å². The summed E-state index contributed by atoms with van der Waals surface area (Å²) in [6, 6.07) is 12.7. The Morgan fingerprint density at radius 3 is 2.19 bits per heavy atom. The van der Waals surface area contributed by atoms with E-state index in [1.165, 1.54) is 6.26 Å². The fraction of sp³-hybridized carbons (Fsp3) is 0.200. The van der Waals surface area contributed by atoms with Crippen LogP contribution in [-0.4, -0.2) is 14.7 Å². The van der Waals surface area contributed by atoms with E-state index < -0.39 is 9.84 Å². The smallest absolute Gasteiger partial charge is 0.175 e. The van der Waals surface area contributed by atoms with Gasteiger partial charge in [-0.2, -0.15) is 0 Å². The molecule has 4 nitrogen and oxygen atoms in total. The van der Waals surface area contributed by atoms with E-state index in [0.29, 0.717) is 23.7 Å². The molecule has 0 atom stereocenters. The zero-order valence-corrected chi connectivity index (χ0v) is 14.0. The van der Waals surface area contributed by atoms with Crippen LogP contribution >= 0.6 is 15.9 Å². The summed E-state index contributed by atoms with van der Waals surface area (Å²) in [6.07, 6.45) is 1.21. The average Bonchev–Trinajstić information content (AvgIpc) is 2.42. The summed E-state index contributed by atoms with van der Waals surface area (Å²) in [5.74, 6) is 0. The molecule has 0 radical (unpaired) electrons. The van der Waals surface area contributed by atoms with Gasteiger partial charge in [-0.1, -0.05) is 18.2 Å². The Morgan fingerprint density at radius 1 is 1.05 bits per heavy atom. The Morgan fingerprint density at radius 2 is 1.62 bits per heavy atom. The molecule has 0 bridgehead atoms. The molecule has 0 amide bonds. The molecular weight excluding hydrogens is 352 g/mol. The molecule has 0 aliphatic carbocycles. The number of nitrogens with two attached hydrogens (primary N) is 1. The van der Waals surface area contributed by atoms with Crippen LogP contribution < -0.4 is 11.1 Å². The van der Waals surface area contributed by atoms with Gasteiger partial charge in [-0.3, -0.25) is 0 Å². The van der Waals surface area contributed by atoms with E-state index in [0.717, 1.165) is 15.6 Å². The lowest BCUT2D eigenvalue weighted by atomic mass is 10.2. The molecule has 2 aromatic rings. The molecule has 0 heterocycles. The monoisotopic (exact) mass is 368 g/mol. The Labute approximate surface area is 133 Å². The highest BCUT2D eigenvalue weighted by Gasteiger charge is 2.05. The van der Waals surface area contributed by atoms with Gasteiger partial charge in [0.2, 0.25) is 0 Å². The predicted molar refractivity (Wildman–Crippen MR) is 88.6 cm³/mol. The highest BCUT2D eigenvalue weighted by molar-refractivity contribution is 9.10. The largest absolute Gasteiger partial charge is 0.398 e. The van der Waals surface area contributed by atoms with Crippen molar-refractivity contribution < 1.29 is 8.42 Å². The van der Waals surface area contributed by atoms with Crippen molar-refractivity contribution >= 4 is 31.5 Å². The van der Waals surface area contributed by atoms with E-state index in [9.17, 15) is 8.42 Å². The van der Waals surface area contributed by atoms with Gasteiger partial charge < -0.3 is 11.1 Å². The van der Waals surface area contributed by atoms with Gasteiger partial charge >= 0.3 is 0 Å². The Balaban J connectivity index is 1.93. The van der Waals surface area contributed by atoms with Gasteiger partial charge in [-0.15, -0.1) is 0 Å². The molecule has 112 valence electrons. The number of nitrogens with one attached hydrogen (secondary N) is 1. The molecule has 0 fully saturated rings. The van der Waals surface area contributed by atoms with E-state index in [-0.39, 0.29) is 0 Å². The second-order valence-electron chi connectivity index (χ2n) is 4.88. The molecule has 0 aliphatic rings. The lowest BCUT2D eigenvalue weighted by Crippen LogP contribution is -2.13. The summed E-state index contributed by atoms with van der Waals surface area (Å²) in [4.78, 5) is 0.340. The van der Waals surface area contributed by atoms with Crippen molar-refractivity contribution in [1.82, 2.24) is 5.32 Å². The van der Waals surface area contributed by atoms with Crippen molar-refractivity contribution in [2.45, 2.75) is 18.0 Å². The van der Waals surface area contributed by atoms with E-state index in [2.05, 4.69) is 21.2 Å². The first-order valence-electron chi connectivity index (χ1n) is 6.40. The van der Waals surface area contributed by atoms with Gasteiger partial charge in [-0.05, 0) is 51.3 Å². The number of nitrogen functional groups attached to an aromatic ring is 1. The van der Waals surface area contributed by atoms with E-state index in [4.69, 9.17) is 5.73 Å². The molecule has 0 aromatic heterocycles. The van der Waals surface area contributed by atoms with Gasteiger partial charge in [-0.25, -0.2) is 8.42 Å². The topological polar surface area (TPSA) is 72.2 Å². The van der Waals surface area contributed by atoms with Crippen molar-refractivity contribution in [3.63, 3.8) is 0 Å². The third kappa shape index (κ3) is 4.56. The molecule has 0 aliphatic heterocycles. The van der Waals surface area contributed by atoms with Crippen LogP contribution in [-0.2, 0) is 22.9 Å².